The molecule has 0 radical (unpaired) electrons. The highest BCUT2D eigenvalue weighted by atomic mass is 15.1. The Balaban J connectivity index is 1.28. The Morgan fingerprint density at radius 1 is 0.788 bits per heavy atom. The first-order chi connectivity index (χ1) is 16.3. The van der Waals surface area contributed by atoms with Crippen molar-refractivity contribution >= 4 is 21.9 Å². The summed E-state index contributed by atoms with van der Waals surface area (Å²) >= 11 is 0. The number of nitrogens with one attached hydrogen (secondary N) is 3. The molecule has 0 aliphatic rings. The van der Waals surface area contributed by atoms with Crippen LogP contribution >= 0.6 is 0 Å². The number of hydrogen-bond donors (Lipinski definition) is 3. The van der Waals surface area contributed by atoms with Gasteiger partial charge >= 0.3 is 0 Å². The standard InChI is InChI=1S/C27H22N6/c1-2-5-18(6-3-1)14-28-15-19-11-22(17-29-16-19)20-8-9-24-23(12-20)26(33-32-24)25-13-21-7-4-10-30-27(21)31-25/h1-13,16-17,28H,14-15H2,(H,30,31)(H,32,33). The van der Waals surface area contributed by atoms with E-state index in [9.17, 15) is 0 Å². The van der Waals surface area contributed by atoms with Crippen LogP contribution in [0.25, 0.3) is 44.5 Å². The third-order valence-electron chi connectivity index (χ3n) is 5.84. The monoisotopic (exact) mass is 430 g/mol. The van der Waals surface area contributed by atoms with Crippen LogP contribution in [0.15, 0.2) is 91.4 Å². The maximum absolute atomic E-state index is 4.57. The second-order valence-corrected chi connectivity index (χ2v) is 8.13. The number of aromatic amines is 2. The molecule has 0 saturated carbocycles. The summed E-state index contributed by atoms with van der Waals surface area (Å²) in [6, 6.07) is 25.0. The molecule has 6 nitrogen and oxygen atoms in total. The van der Waals surface area contributed by atoms with Crippen LogP contribution in [0.4, 0.5) is 0 Å². The van der Waals surface area contributed by atoms with Crippen molar-refractivity contribution < 1.29 is 0 Å². The third kappa shape index (κ3) is 3.88. The number of aromatic nitrogens is 5. The van der Waals surface area contributed by atoms with Crippen molar-refractivity contribution in [2.24, 2.45) is 0 Å². The minimum absolute atomic E-state index is 0.761. The van der Waals surface area contributed by atoms with Gasteiger partial charge in [-0.25, -0.2) is 4.98 Å². The first kappa shape index (κ1) is 19.4. The molecule has 0 aliphatic carbocycles. The van der Waals surface area contributed by atoms with Gasteiger partial charge in [-0.1, -0.05) is 36.4 Å². The molecule has 0 saturated heterocycles. The Kier molecular flexibility index (Phi) is 4.90. The van der Waals surface area contributed by atoms with E-state index >= 15 is 0 Å². The van der Waals surface area contributed by atoms with Gasteiger partial charge in [-0.2, -0.15) is 5.10 Å². The molecule has 6 rings (SSSR count). The number of benzene rings is 2. The predicted molar refractivity (Wildman–Crippen MR) is 131 cm³/mol. The van der Waals surface area contributed by atoms with E-state index in [0.717, 1.165) is 63.1 Å². The summed E-state index contributed by atoms with van der Waals surface area (Å²) in [4.78, 5) is 12.3. The second kappa shape index (κ2) is 8.33. The Labute approximate surface area is 190 Å². The average Bonchev–Trinajstić information content (AvgIpc) is 3.48. The first-order valence-corrected chi connectivity index (χ1v) is 10.9. The Morgan fingerprint density at radius 3 is 2.61 bits per heavy atom. The van der Waals surface area contributed by atoms with Crippen molar-refractivity contribution in [2.45, 2.75) is 13.1 Å². The largest absolute Gasteiger partial charge is 0.338 e. The van der Waals surface area contributed by atoms with E-state index in [1.54, 1.807) is 6.20 Å². The van der Waals surface area contributed by atoms with Gasteiger partial charge in [0.1, 0.15) is 11.3 Å². The summed E-state index contributed by atoms with van der Waals surface area (Å²) < 4.78 is 0. The molecule has 0 bridgehead atoms. The number of hydrogen-bond acceptors (Lipinski definition) is 4. The van der Waals surface area contributed by atoms with Crippen LogP contribution in [0.1, 0.15) is 11.1 Å². The average molecular weight is 431 g/mol. The SMILES string of the molecule is c1ccc(CNCc2cncc(-c3ccc4[nH]nc(-c5cc6cccnc6[nH]5)c4c3)c2)cc1. The van der Waals surface area contributed by atoms with Crippen LogP contribution in [-0.4, -0.2) is 25.1 Å². The molecule has 0 fully saturated rings. The topological polar surface area (TPSA) is 82.3 Å². The second-order valence-electron chi connectivity index (χ2n) is 8.13. The molecule has 33 heavy (non-hydrogen) atoms. The van der Waals surface area contributed by atoms with Gasteiger partial charge in [0.05, 0.1) is 11.2 Å². The van der Waals surface area contributed by atoms with E-state index in [-0.39, 0.29) is 0 Å². The molecular weight excluding hydrogens is 408 g/mol. The van der Waals surface area contributed by atoms with Crippen molar-refractivity contribution in [3.05, 3.63) is 103 Å². The van der Waals surface area contributed by atoms with E-state index in [1.165, 1.54) is 5.56 Å². The van der Waals surface area contributed by atoms with Crippen LogP contribution in [0, 0.1) is 0 Å². The quantitative estimate of drug-likeness (QED) is 0.328. The molecule has 6 heteroatoms. The predicted octanol–water partition coefficient (Wildman–Crippen LogP) is 5.46. The molecule has 0 aliphatic heterocycles. The van der Waals surface area contributed by atoms with Crippen LogP contribution in [0.3, 0.4) is 0 Å². The maximum atomic E-state index is 4.57. The zero-order valence-corrected chi connectivity index (χ0v) is 17.9. The van der Waals surface area contributed by atoms with Gasteiger partial charge in [-0.3, -0.25) is 10.1 Å². The summed E-state index contributed by atoms with van der Waals surface area (Å²) in [6.45, 7) is 1.59. The zero-order valence-electron chi connectivity index (χ0n) is 17.9. The molecule has 0 spiro atoms. The molecule has 4 heterocycles. The van der Waals surface area contributed by atoms with E-state index in [2.05, 4.69) is 85.1 Å². The molecular formula is C27H22N6. The van der Waals surface area contributed by atoms with E-state index in [1.807, 2.05) is 30.6 Å². The molecule has 160 valence electrons. The fourth-order valence-corrected chi connectivity index (χ4v) is 4.17. The number of nitrogens with zero attached hydrogens (tertiary/aromatic N) is 3. The Morgan fingerprint density at radius 2 is 1.70 bits per heavy atom. The van der Waals surface area contributed by atoms with Crippen molar-refractivity contribution in [1.29, 1.82) is 0 Å². The van der Waals surface area contributed by atoms with Crippen molar-refractivity contribution in [2.75, 3.05) is 0 Å². The number of rotatable bonds is 6. The fourth-order valence-electron chi connectivity index (χ4n) is 4.17. The lowest BCUT2D eigenvalue weighted by Gasteiger charge is -2.08. The minimum atomic E-state index is 0.761. The number of H-pyrrole nitrogens is 2. The smallest absolute Gasteiger partial charge is 0.137 e. The number of pyridine rings is 2. The minimum Gasteiger partial charge on any atom is -0.338 e. The molecule has 2 aromatic carbocycles. The molecule has 0 unspecified atom stereocenters. The summed E-state index contributed by atoms with van der Waals surface area (Å²) in [5.74, 6) is 0. The van der Waals surface area contributed by atoms with Gasteiger partial charge in [-0.05, 0) is 53.1 Å². The van der Waals surface area contributed by atoms with Gasteiger partial charge in [0.25, 0.3) is 0 Å². The summed E-state index contributed by atoms with van der Waals surface area (Å²) in [6.07, 6.45) is 5.62. The third-order valence-corrected chi connectivity index (χ3v) is 5.84. The highest BCUT2D eigenvalue weighted by molar-refractivity contribution is 5.97. The van der Waals surface area contributed by atoms with Gasteiger partial charge in [0.2, 0.25) is 0 Å². The highest BCUT2D eigenvalue weighted by Gasteiger charge is 2.13. The molecule has 0 amide bonds. The van der Waals surface area contributed by atoms with Crippen molar-refractivity contribution in [3.8, 4) is 22.5 Å². The normalized spacial score (nSPS) is 11.4. The maximum Gasteiger partial charge on any atom is 0.137 e. The van der Waals surface area contributed by atoms with Gasteiger partial charge in [0.15, 0.2) is 0 Å². The highest BCUT2D eigenvalue weighted by Crippen LogP contribution is 2.31. The molecule has 0 atom stereocenters. The lowest BCUT2D eigenvalue weighted by Crippen LogP contribution is -2.12. The van der Waals surface area contributed by atoms with Crippen molar-refractivity contribution in [1.82, 2.24) is 30.5 Å². The zero-order chi connectivity index (χ0) is 22.0. The van der Waals surface area contributed by atoms with Crippen LogP contribution in [0.2, 0.25) is 0 Å². The van der Waals surface area contributed by atoms with Crippen LogP contribution < -0.4 is 5.32 Å². The van der Waals surface area contributed by atoms with Crippen molar-refractivity contribution in [3.63, 3.8) is 0 Å². The van der Waals surface area contributed by atoms with Gasteiger partial charge in [-0.15, -0.1) is 0 Å². The lowest BCUT2D eigenvalue weighted by molar-refractivity contribution is 0.691. The first-order valence-electron chi connectivity index (χ1n) is 10.9. The molecule has 3 N–H and O–H groups in total. The fraction of sp³-hybridized carbons (Fsp3) is 0.0741. The van der Waals surface area contributed by atoms with E-state index < -0.39 is 0 Å². The summed E-state index contributed by atoms with van der Waals surface area (Å²) in [7, 11) is 0. The number of fused-ring (bicyclic) bond motifs is 2. The summed E-state index contributed by atoms with van der Waals surface area (Å²) in [5.41, 5.74) is 8.30. The van der Waals surface area contributed by atoms with E-state index in [4.69, 9.17) is 0 Å². The summed E-state index contributed by atoms with van der Waals surface area (Å²) in [5, 5.41) is 13.4. The molecule has 6 aromatic rings. The van der Waals surface area contributed by atoms with Crippen LogP contribution in [0.5, 0.6) is 0 Å². The molecule has 4 aromatic heterocycles. The Hall–Kier alpha value is -4.29. The van der Waals surface area contributed by atoms with Gasteiger partial charge in [0, 0.05) is 48.0 Å². The van der Waals surface area contributed by atoms with Crippen LogP contribution in [-0.2, 0) is 13.1 Å². The van der Waals surface area contributed by atoms with E-state index in [0.29, 0.717) is 0 Å². The lowest BCUT2D eigenvalue weighted by atomic mass is 10.0. The Bertz CT molecular complexity index is 1510. The van der Waals surface area contributed by atoms with Gasteiger partial charge < -0.3 is 10.3 Å².